The molecule has 3 aliphatic carbocycles. The van der Waals surface area contributed by atoms with Crippen LogP contribution in [0.4, 0.5) is 10.2 Å². The first-order valence-corrected chi connectivity index (χ1v) is 13.5. The maximum Gasteiger partial charge on any atom is 0.270 e. The van der Waals surface area contributed by atoms with E-state index in [0.717, 1.165) is 49.7 Å². The Bertz CT molecular complexity index is 1250. The van der Waals surface area contributed by atoms with Crippen LogP contribution in [-0.4, -0.2) is 39.6 Å². The number of hydrogen-bond acceptors (Lipinski definition) is 6. The van der Waals surface area contributed by atoms with Crippen molar-refractivity contribution >= 4 is 23.3 Å². The fourth-order valence-electron chi connectivity index (χ4n) is 5.28. The van der Waals surface area contributed by atoms with Gasteiger partial charge >= 0.3 is 0 Å². The minimum absolute atomic E-state index is 0.0155. The molecule has 200 valence electrons. The predicted molar refractivity (Wildman–Crippen MR) is 145 cm³/mol. The Balaban J connectivity index is 1.37. The Morgan fingerprint density at radius 1 is 1.08 bits per heavy atom. The summed E-state index contributed by atoms with van der Waals surface area (Å²) in [5, 5.41) is 5.70. The highest BCUT2D eigenvalue weighted by atomic mass is 19.1. The van der Waals surface area contributed by atoms with E-state index in [9.17, 15) is 9.59 Å². The van der Waals surface area contributed by atoms with Crippen molar-refractivity contribution in [3.63, 3.8) is 0 Å². The van der Waals surface area contributed by atoms with Gasteiger partial charge in [-0.05, 0) is 112 Å². The molecule has 8 nitrogen and oxygen atoms in total. The summed E-state index contributed by atoms with van der Waals surface area (Å²) in [7, 11) is 0. The van der Waals surface area contributed by atoms with Gasteiger partial charge in [-0.3, -0.25) is 19.6 Å². The lowest BCUT2D eigenvalue weighted by Crippen LogP contribution is -2.51. The molecule has 5 rings (SSSR count). The molecule has 4 N–H and O–H groups in total. The number of hydrogen-bond donors (Lipinski definition) is 3. The number of aliphatic imine (C=N–C) groups is 1. The summed E-state index contributed by atoms with van der Waals surface area (Å²) in [6, 6.07) is 4.27. The molecular weight excluding hydrogens is 483 g/mol. The number of rotatable bonds is 11. The van der Waals surface area contributed by atoms with Crippen molar-refractivity contribution in [2.24, 2.45) is 28.5 Å². The maximum atomic E-state index is 15.2. The molecule has 3 fully saturated rings. The van der Waals surface area contributed by atoms with E-state index in [2.05, 4.69) is 25.6 Å². The SMILES string of the molecule is CC(C)N=C(C=CN)C(=O)NC(C(=O)Nc1ccc(-c2cnccc2C2CC2)c(F)n1)C(C1CC1)C1CC1. The van der Waals surface area contributed by atoms with Crippen molar-refractivity contribution in [1.82, 2.24) is 15.3 Å². The van der Waals surface area contributed by atoms with Gasteiger partial charge in [0.2, 0.25) is 11.9 Å². The summed E-state index contributed by atoms with van der Waals surface area (Å²) in [6.07, 6.45) is 12.4. The number of halogens is 1. The molecule has 0 radical (unpaired) electrons. The zero-order valence-electron chi connectivity index (χ0n) is 21.9. The highest BCUT2D eigenvalue weighted by Crippen LogP contribution is 2.51. The van der Waals surface area contributed by atoms with E-state index in [-0.39, 0.29) is 23.5 Å². The van der Waals surface area contributed by atoms with E-state index in [1.54, 1.807) is 24.5 Å². The molecule has 0 aliphatic heterocycles. The summed E-state index contributed by atoms with van der Waals surface area (Å²) >= 11 is 0. The fourth-order valence-corrected chi connectivity index (χ4v) is 5.28. The van der Waals surface area contributed by atoms with Gasteiger partial charge in [0.05, 0.1) is 0 Å². The summed E-state index contributed by atoms with van der Waals surface area (Å²) in [4.78, 5) is 39.4. The molecule has 3 saturated carbocycles. The van der Waals surface area contributed by atoms with E-state index in [1.165, 1.54) is 12.3 Å². The second-order valence-corrected chi connectivity index (χ2v) is 10.9. The number of anilines is 1. The molecule has 2 amide bonds. The number of nitrogens with two attached hydrogens (primary N) is 1. The lowest BCUT2D eigenvalue weighted by Gasteiger charge is -2.27. The lowest BCUT2D eigenvalue weighted by atomic mass is 9.88. The Morgan fingerprint density at radius 3 is 2.37 bits per heavy atom. The van der Waals surface area contributed by atoms with Crippen LogP contribution in [0.1, 0.15) is 63.9 Å². The van der Waals surface area contributed by atoms with E-state index in [4.69, 9.17) is 5.73 Å². The van der Waals surface area contributed by atoms with Crippen LogP contribution in [0.2, 0.25) is 0 Å². The first kappa shape index (κ1) is 26.0. The maximum absolute atomic E-state index is 15.2. The highest BCUT2D eigenvalue weighted by molar-refractivity contribution is 6.43. The first-order chi connectivity index (χ1) is 18.4. The van der Waals surface area contributed by atoms with Crippen molar-refractivity contribution in [2.75, 3.05) is 5.32 Å². The lowest BCUT2D eigenvalue weighted by molar-refractivity contribution is -0.124. The Labute approximate surface area is 222 Å². The molecule has 2 aromatic heterocycles. The third kappa shape index (κ3) is 6.09. The molecule has 38 heavy (non-hydrogen) atoms. The van der Waals surface area contributed by atoms with Crippen LogP contribution < -0.4 is 16.4 Å². The smallest absolute Gasteiger partial charge is 0.270 e. The number of nitrogens with zero attached hydrogens (tertiary/aromatic N) is 3. The average Bonchev–Trinajstić information content (AvgIpc) is 3.74. The summed E-state index contributed by atoms with van der Waals surface area (Å²) < 4.78 is 15.2. The number of nitrogens with one attached hydrogen (secondary N) is 2. The quantitative estimate of drug-likeness (QED) is 0.302. The second kappa shape index (κ2) is 11.0. The minimum Gasteiger partial charge on any atom is -0.405 e. The van der Waals surface area contributed by atoms with Gasteiger partial charge in [-0.2, -0.15) is 4.39 Å². The van der Waals surface area contributed by atoms with Crippen LogP contribution in [0.3, 0.4) is 0 Å². The topological polar surface area (TPSA) is 122 Å². The van der Waals surface area contributed by atoms with E-state index >= 15 is 4.39 Å². The number of pyridine rings is 2. The van der Waals surface area contributed by atoms with Crippen molar-refractivity contribution in [1.29, 1.82) is 0 Å². The summed E-state index contributed by atoms with van der Waals surface area (Å²) in [6.45, 7) is 3.73. The van der Waals surface area contributed by atoms with Crippen molar-refractivity contribution < 1.29 is 14.0 Å². The Hall–Kier alpha value is -3.62. The number of aromatic nitrogens is 2. The van der Waals surface area contributed by atoms with Gasteiger partial charge < -0.3 is 16.4 Å². The van der Waals surface area contributed by atoms with Crippen LogP contribution in [0.5, 0.6) is 0 Å². The van der Waals surface area contributed by atoms with Gasteiger partial charge in [0, 0.05) is 29.6 Å². The van der Waals surface area contributed by atoms with Gasteiger partial charge in [-0.25, -0.2) is 4.98 Å². The molecule has 1 unspecified atom stereocenters. The van der Waals surface area contributed by atoms with Crippen molar-refractivity contribution in [3.05, 3.63) is 54.4 Å². The molecule has 3 aliphatic rings. The van der Waals surface area contributed by atoms with Gasteiger partial charge in [-0.1, -0.05) is 0 Å². The Kier molecular flexibility index (Phi) is 7.53. The second-order valence-electron chi connectivity index (χ2n) is 10.9. The number of carbonyl (C=O) groups excluding carboxylic acids is 2. The molecule has 0 spiro atoms. The van der Waals surface area contributed by atoms with Crippen LogP contribution in [0.25, 0.3) is 11.1 Å². The third-order valence-corrected chi connectivity index (χ3v) is 7.43. The zero-order chi connectivity index (χ0) is 26.8. The molecule has 9 heteroatoms. The summed E-state index contributed by atoms with van der Waals surface area (Å²) in [5.74, 6) is -0.208. The third-order valence-electron chi connectivity index (χ3n) is 7.43. The first-order valence-electron chi connectivity index (χ1n) is 13.5. The highest BCUT2D eigenvalue weighted by Gasteiger charge is 2.48. The molecule has 2 heterocycles. The predicted octanol–water partition coefficient (Wildman–Crippen LogP) is 4.34. The molecule has 0 saturated heterocycles. The fraction of sp³-hybridized carbons (Fsp3) is 0.483. The van der Waals surface area contributed by atoms with Gasteiger partial charge in [-0.15, -0.1) is 0 Å². The van der Waals surface area contributed by atoms with Gasteiger partial charge in [0.25, 0.3) is 5.91 Å². The average molecular weight is 519 g/mol. The number of amides is 2. The molecule has 0 bridgehead atoms. The summed E-state index contributed by atoms with van der Waals surface area (Å²) in [5.41, 5.74) is 7.87. The molecule has 1 atom stereocenters. The molecular formula is C29H35FN6O2. The van der Waals surface area contributed by atoms with Crippen LogP contribution in [-0.2, 0) is 9.59 Å². The normalized spacial score (nSPS) is 18.7. The van der Waals surface area contributed by atoms with Crippen molar-refractivity contribution in [2.45, 2.75) is 70.4 Å². The molecule has 0 aromatic carbocycles. The minimum atomic E-state index is -0.782. The van der Waals surface area contributed by atoms with E-state index < -0.39 is 23.8 Å². The van der Waals surface area contributed by atoms with Crippen molar-refractivity contribution in [3.8, 4) is 11.1 Å². The molecule has 2 aromatic rings. The van der Waals surface area contributed by atoms with E-state index in [1.807, 2.05) is 19.9 Å². The Morgan fingerprint density at radius 2 is 1.79 bits per heavy atom. The zero-order valence-corrected chi connectivity index (χ0v) is 21.9. The van der Waals surface area contributed by atoms with Crippen LogP contribution in [0.15, 0.2) is 47.9 Å². The number of carbonyl (C=O) groups is 2. The van der Waals surface area contributed by atoms with Crippen LogP contribution in [0, 0.1) is 23.7 Å². The van der Waals surface area contributed by atoms with Crippen LogP contribution >= 0.6 is 0 Å². The standard InChI is InChI=1S/C29H35FN6O2/c1-16(2)33-23(11-13-31)28(37)36-26(25(18-5-6-18)19-7-8-19)29(38)35-24-10-9-21(27(30)34-24)22-15-32-14-12-20(22)17-3-4-17/h9-19,25-26H,3-8,31H2,1-2H3,(H,36,37)(H,34,35,38). The van der Waals surface area contributed by atoms with Gasteiger partial charge in [0.15, 0.2) is 0 Å². The van der Waals surface area contributed by atoms with Gasteiger partial charge in [0.1, 0.15) is 17.6 Å². The largest absolute Gasteiger partial charge is 0.405 e. The monoisotopic (exact) mass is 518 g/mol. The van der Waals surface area contributed by atoms with E-state index in [0.29, 0.717) is 23.3 Å².